The third kappa shape index (κ3) is 2.00. The fourth-order valence-corrected chi connectivity index (χ4v) is 1.80. The van der Waals surface area contributed by atoms with E-state index in [1.165, 1.54) is 0 Å². The first-order chi connectivity index (χ1) is 6.57. The predicted molar refractivity (Wildman–Crippen MR) is 57.3 cm³/mol. The Morgan fingerprint density at radius 3 is 2.79 bits per heavy atom. The highest BCUT2D eigenvalue weighted by Gasteiger charge is 2.29. The molecule has 1 aliphatic rings. The van der Waals surface area contributed by atoms with Gasteiger partial charge in [-0.05, 0) is 31.8 Å². The lowest BCUT2D eigenvalue weighted by Gasteiger charge is -2.25. The Kier molecular flexibility index (Phi) is 3.38. The maximum Gasteiger partial charge on any atom is 0.189 e. The van der Waals surface area contributed by atoms with Crippen LogP contribution in [-0.4, -0.2) is 28.6 Å². The highest BCUT2D eigenvalue weighted by Crippen LogP contribution is 2.24. The van der Waals surface area contributed by atoms with Crippen molar-refractivity contribution < 1.29 is 5.11 Å². The van der Waals surface area contributed by atoms with E-state index in [4.69, 9.17) is 11.1 Å². The standard InChI is InChI=1S/C10H19N3O/c1-3-7(2)9(14)8-5-4-6-13(8)10(11)12/h8,14H,3-6H2,1-2H3,(H3,11,12)/b9-7+/t8-/m0/s1. The Bertz CT molecular complexity index is 260. The lowest BCUT2D eigenvalue weighted by atomic mass is 10.1. The minimum Gasteiger partial charge on any atom is -0.510 e. The van der Waals surface area contributed by atoms with Crippen molar-refractivity contribution >= 4 is 5.96 Å². The van der Waals surface area contributed by atoms with Gasteiger partial charge in [0.25, 0.3) is 0 Å². The second-order valence-electron chi connectivity index (χ2n) is 3.76. The van der Waals surface area contributed by atoms with Crippen molar-refractivity contribution in [2.24, 2.45) is 5.73 Å². The van der Waals surface area contributed by atoms with E-state index in [0.717, 1.165) is 31.4 Å². The Balaban J connectivity index is 2.82. The number of likely N-dealkylation sites (tertiary alicyclic amines) is 1. The molecule has 0 aromatic rings. The highest BCUT2D eigenvalue weighted by atomic mass is 16.3. The molecule has 1 rings (SSSR count). The van der Waals surface area contributed by atoms with E-state index in [0.29, 0.717) is 5.76 Å². The molecule has 0 saturated carbocycles. The van der Waals surface area contributed by atoms with Crippen molar-refractivity contribution in [3.8, 4) is 0 Å². The number of hydrogen-bond acceptors (Lipinski definition) is 2. The van der Waals surface area contributed by atoms with Gasteiger partial charge in [-0.15, -0.1) is 0 Å². The van der Waals surface area contributed by atoms with Gasteiger partial charge in [-0.3, -0.25) is 5.41 Å². The van der Waals surface area contributed by atoms with Gasteiger partial charge in [-0.25, -0.2) is 0 Å². The molecule has 80 valence electrons. The maximum absolute atomic E-state index is 9.92. The Morgan fingerprint density at radius 2 is 2.29 bits per heavy atom. The molecule has 1 atom stereocenters. The summed E-state index contributed by atoms with van der Waals surface area (Å²) in [6.07, 6.45) is 2.72. The van der Waals surface area contributed by atoms with Crippen LogP contribution in [0.2, 0.25) is 0 Å². The summed E-state index contributed by atoms with van der Waals surface area (Å²) in [6.45, 7) is 4.71. The van der Waals surface area contributed by atoms with Crippen LogP contribution >= 0.6 is 0 Å². The molecule has 0 aromatic carbocycles. The molecule has 4 N–H and O–H groups in total. The summed E-state index contributed by atoms with van der Waals surface area (Å²) in [5.74, 6) is 0.461. The molecule has 0 aromatic heterocycles. The number of rotatable bonds is 2. The number of aliphatic hydroxyl groups is 1. The van der Waals surface area contributed by atoms with Crippen LogP contribution < -0.4 is 5.73 Å². The molecule has 14 heavy (non-hydrogen) atoms. The lowest BCUT2D eigenvalue weighted by Crippen LogP contribution is -2.41. The van der Waals surface area contributed by atoms with Gasteiger partial charge in [0.15, 0.2) is 5.96 Å². The Labute approximate surface area is 84.9 Å². The van der Waals surface area contributed by atoms with Crippen LogP contribution in [0.3, 0.4) is 0 Å². The van der Waals surface area contributed by atoms with Gasteiger partial charge in [0, 0.05) is 6.54 Å². The molecule has 1 fully saturated rings. The Hall–Kier alpha value is -1.19. The van der Waals surface area contributed by atoms with Crippen LogP contribution in [0.5, 0.6) is 0 Å². The fourth-order valence-electron chi connectivity index (χ4n) is 1.80. The van der Waals surface area contributed by atoms with Gasteiger partial charge in [-0.1, -0.05) is 6.92 Å². The zero-order valence-electron chi connectivity index (χ0n) is 8.88. The number of allylic oxidation sites excluding steroid dienone is 1. The third-order valence-corrected chi connectivity index (χ3v) is 2.85. The van der Waals surface area contributed by atoms with Crippen LogP contribution in [-0.2, 0) is 0 Å². The lowest BCUT2D eigenvalue weighted by molar-refractivity contribution is 0.286. The van der Waals surface area contributed by atoms with E-state index in [1.807, 2.05) is 13.8 Å². The summed E-state index contributed by atoms with van der Waals surface area (Å²) in [4.78, 5) is 1.76. The van der Waals surface area contributed by atoms with Crippen LogP contribution in [0.4, 0.5) is 0 Å². The number of aliphatic hydroxyl groups excluding tert-OH is 1. The zero-order chi connectivity index (χ0) is 10.7. The van der Waals surface area contributed by atoms with Crippen LogP contribution in [0, 0.1) is 5.41 Å². The van der Waals surface area contributed by atoms with Crippen LogP contribution in [0.15, 0.2) is 11.3 Å². The van der Waals surface area contributed by atoms with Crippen LogP contribution in [0.25, 0.3) is 0 Å². The number of hydrogen-bond donors (Lipinski definition) is 3. The van der Waals surface area contributed by atoms with Gasteiger partial charge in [0.1, 0.15) is 5.76 Å². The smallest absolute Gasteiger partial charge is 0.189 e. The van der Waals surface area contributed by atoms with Crippen molar-refractivity contribution in [3.63, 3.8) is 0 Å². The second kappa shape index (κ2) is 4.35. The summed E-state index contributed by atoms with van der Waals surface area (Å²) in [5, 5.41) is 17.3. The maximum atomic E-state index is 9.92. The second-order valence-corrected chi connectivity index (χ2v) is 3.76. The molecular formula is C10H19N3O. The molecule has 0 radical (unpaired) electrons. The van der Waals surface area contributed by atoms with Crippen molar-refractivity contribution in [2.45, 2.75) is 39.2 Å². The number of nitrogens with one attached hydrogen (secondary N) is 1. The topological polar surface area (TPSA) is 73.3 Å². The third-order valence-electron chi connectivity index (χ3n) is 2.85. The van der Waals surface area contributed by atoms with Crippen molar-refractivity contribution in [1.82, 2.24) is 4.90 Å². The van der Waals surface area contributed by atoms with E-state index >= 15 is 0 Å². The quantitative estimate of drug-likeness (QED) is 0.357. The number of nitrogens with two attached hydrogens (primary N) is 1. The monoisotopic (exact) mass is 197 g/mol. The summed E-state index contributed by atoms with van der Waals surface area (Å²) < 4.78 is 0. The minimum absolute atomic E-state index is 0.0583. The predicted octanol–water partition coefficient (Wildman–Crippen LogP) is 1.59. The van der Waals surface area contributed by atoms with Gasteiger partial charge < -0.3 is 15.7 Å². The van der Waals surface area contributed by atoms with Gasteiger partial charge in [0.05, 0.1) is 6.04 Å². The molecule has 0 aliphatic carbocycles. The number of guanidine groups is 1. The largest absolute Gasteiger partial charge is 0.510 e. The average molecular weight is 197 g/mol. The summed E-state index contributed by atoms with van der Waals surface area (Å²) in [6, 6.07) is -0.0625. The summed E-state index contributed by atoms with van der Waals surface area (Å²) >= 11 is 0. The molecule has 0 spiro atoms. The van der Waals surface area contributed by atoms with E-state index in [9.17, 15) is 5.11 Å². The zero-order valence-corrected chi connectivity index (χ0v) is 8.88. The molecule has 4 nitrogen and oxygen atoms in total. The van der Waals surface area contributed by atoms with Gasteiger partial charge in [-0.2, -0.15) is 0 Å². The van der Waals surface area contributed by atoms with E-state index in [-0.39, 0.29) is 12.0 Å². The van der Waals surface area contributed by atoms with Gasteiger partial charge in [0.2, 0.25) is 0 Å². The van der Waals surface area contributed by atoms with Crippen LogP contribution in [0.1, 0.15) is 33.1 Å². The molecule has 0 amide bonds. The average Bonchev–Trinajstić information content (AvgIpc) is 2.63. The molecule has 1 saturated heterocycles. The molecular weight excluding hydrogens is 178 g/mol. The van der Waals surface area contributed by atoms with E-state index < -0.39 is 0 Å². The normalized spacial score (nSPS) is 23.6. The first-order valence-electron chi connectivity index (χ1n) is 5.07. The Morgan fingerprint density at radius 1 is 1.64 bits per heavy atom. The first-order valence-corrected chi connectivity index (χ1v) is 5.07. The molecule has 0 unspecified atom stereocenters. The minimum atomic E-state index is -0.0625. The fraction of sp³-hybridized carbons (Fsp3) is 0.700. The first kappa shape index (κ1) is 10.9. The van der Waals surface area contributed by atoms with E-state index in [2.05, 4.69) is 0 Å². The molecule has 1 aliphatic heterocycles. The summed E-state index contributed by atoms with van der Waals surface area (Å²) in [7, 11) is 0. The number of nitrogens with zero attached hydrogens (tertiary/aromatic N) is 1. The van der Waals surface area contributed by atoms with E-state index in [1.54, 1.807) is 4.90 Å². The van der Waals surface area contributed by atoms with Crippen molar-refractivity contribution in [3.05, 3.63) is 11.3 Å². The highest BCUT2D eigenvalue weighted by molar-refractivity contribution is 5.75. The SMILES string of the molecule is CC/C(C)=C(/O)[C@@H]1CCCN1C(=N)N. The van der Waals surface area contributed by atoms with Crippen molar-refractivity contribution in [2.75, 3.05) is 6.54 Å². The summed E-state index contributed by atoms with van der Waals surface area (Å²) in [5.41, 5.74) is 6.43. The van der Waals surface area contributed by atoms with Crippen molar-refractivity contribution in [1.29, 1.82) is 5.41 Å². The molecule has 1 heterocycles. The molecule has 4 heteroatoms. The van der Waals surface area contributed by atoms with Gasteiger partial charge >= 0.3 is 0 Å². The molecule has 0 bridgehead atoms.